The van der Waals surface area contributed by atoms with Gasteiger partial charge >= 0.3 is 6.18 Å². The summed E-state index contributed by atoms with van der Waals surface area (Å²) in [5, 5.41) is 2.89. The van der Waals surface area contributed by atoms with Crippen LogP contribution in [0.2, 0.25) is 0 Å². The van der Waals surface area contributed by atoms with Gasteiger partial charge in [0.1, 0.15) is 17.9 Å². The Kier molecular flexibility index (Phi) is 3.98. The van der Waals surface area contributed by atoms with Crippen molar-refractivity contribution in [1.29, 1.82) is 0 Å². The zero-order valence-electron chi connectivity index (χ0n) is 17.7. The van der Waals surface area contributed by atoms with Crippen LogP contribution >= 0.6 is 0 Å². The molecular weight excluding hydrogens is 435 g/mol. The molecule has 2 aromatic carbocycles. The first-order chi connectivity index (χ1) is 15.7. The van der Waals surface area contributed by atoms with Crippen molar-refractivity contribution in [3.63, 3.8) is 0 Å². The zero-order chi connectivity index (χ0) is 23.3. The lowest BCUT2D eigenvalue weighted by Gasteiger charge is -2.33. The summed E-state index contributed by atoms with van der Waals surface area (Å²) in [5.41, 5.74) is -0.663. The second-order valence-electron chi connectivity index (χ2n) is 9.37. The third-order valence-electron chi connectivity index (χ3n) is 7.82. The molecule has 33 heavy (non-hydrogen) atoms. The Balaban J connectivity index is 1.56. The fourth-order valence-electron chi connectivity index (χ4n) is 6.72. The van der Waals surface area contributed by atoms with Crippen molar-refractivity contribution in [2.45, 2.75) is 37.5 Å². The maximum absolute atomic E-state index is 13.9. The number of amides is 3. The lowest BCUT2D eigenvalue weighted by Crippen LogP contribution is -3.19. The summed E-state index contributed by atoms with van der Waals surface area (Å²) in [7, 11) is 0. The van der Waals surface area contributed by atoms with E-state index < -0.39 is 46.6 Å². The minimum Gasteiger partial charge on any atom is -0.320 e. The fourth-order valence-corrected chi connectivity index (χ4v) is 6.72. The van der Waals surface area contributed by atoms with Crippen molar-refractivity contribution in [3.05, 3.63) is 59.2 Å². The van der Waals surface area contributed by atoms with Gasteiger partial charge in [-0.25, -0.2) is 4.90 Å². The Morgan fingerprint density at radius 2 is 1.85 bits per heavy atom. The van der Waals surface area contributed by atoms with Crippen molar-refractivity contribution >= 4 is 29.1 Å². The molecule has 9 heteroatoms. The van der Waals surface area contributed by atoms with Crippen molar-refractivity contribution < 1.29 is 32.5 Å². The van der Waals surface area contributed by atoms with Crippen LogP contribution in [0.4, 0.5) is 24.5 Å². The summed E-state index contributed by atoms with van der Waals surface area (Å²) in [6.45, 7) is 2.51. The highest BCUT2D eigenvalue weighted by atomic mass is 19.4. The van der Waals surface area contributed by atoms with E-state index in [2.05, 4.69) is 5.32 Å². The molecule has 1 spiro atoms. The average Bonchev–Trinajstić information content (AvgIpc) is 3.46. The van der Waals surface area contributed by atoms with Gasteiger partial charge in [0.05, 0.1) is 23.5 Å². The Hall–Kier alpha value is -3.20. The molecule has 2 aromatic rings. The summed E-state index contributed by atoms with van der Waals surface area (Å²) >= 11 is 0. The number of hydrogen-bond acceptors (Lipinski definition) is 3. The van der Waals surface area contributed by atoms with E-state index in [0.717, 1.165) is 29.0 Å². The van der Waals surface area contributed by atoms with E-state index in [1.54, 1.807) is 6.07 Å². The number of fused-ring (bicyclic) bond motifs is 7. The summed E-state index contributed by atoms with van der Waals surface area (Å²) in [4.78, 5) is 42.6. The van der Waals surface area contributed by atoms with Crippen molar-refractivity contribution in [1.82, 2.24) is 0 Å². The van der Waals surface area contributed by atoms with E-state index >= 15 is 0 Å². The number of imide groups is 1. The number of benzene rings is 2. The highest BCUT2D eigenvalue weighted by Crippen LogP contribution is 2.53. The molecule has 6 rings (SSSR count). The van der Waals surface area contributed by atoms with Crippen LogP contribution < -0.4 is 15.1 Å². The number of nitrogens with one attached hydrogen (secondary N) is 2. The van der Waals surface area contributed by atoms with E-state index in [-0.39, 0.29) is 11.9 Å². The number of halogens is 3. The number of para-hydroxylation sites is 1. The average molecular weight is 456 g/mol. The molecule has 170 valence electrons. The van der Waals surface area contributed by atoms with E-state index in [1.165, 1.54) is 12.1 Å². The van der Waals surface area contributed by atoms with Crippen molar-refractivity contribution in [2.75, 3.05) is 16.8 Å². The molecule has 0 saturated carbocycles. The lowest BCUT2D eigenvalue weighted by molar-refractivity contribution is -0.948. The number of rotatable bonds is 1. The molecule has 6 nitrogen and oxygen atoms in total. The fraction of sp³-hybridized carbons (Fsp3) is 0.375. The topological polar surface area (TPSA) is 70.9 Å². The number of anilines is 2. The molecule has 4 aliphatic heterocycles. The number of aryl methyl sites for hydroxylation is 1. The van der Waals surface area contributed by atoms with Gasteiger partial charge in [-0.1, -0.05) is 23.8 Å². The molecule has 3 saturated heterocycles. The minimum absolute atomic E-state index is 0.299. The monoisotopic (exact) mass is 456 g/mol. The van der Waals surface area contributed by atoms with Crippen LogP contribution in [0.5, 0.6) is 0 Å². The van der Waals surface area contributed by atoms with Gasteiger partial charge in [-0.2, -0.15) is 13.2 Å². The predicted molar refractivity (Wildman–Crippen MR) is 111 cm³/mol. The molecule has 5 atom stereocenters. The highest BCUT2D eigenvalue weighted by molar-refractivity contribution is 6.25. The summed E-state index contributed by atoms with van der Waals surface area (Å²) in [6.07, 6.45) is -3.31. The first-order valence-electron chi connectivity index (χ1n) is 11.0. The normalized spacial score (nSPS) is 32.4. The maximum Gasteiger partial charge on any atom is 0.418 e. The zero-order valence-corrected chi connectivity index (χ0v) is 17.7. The second-order valence-corrected chi connectivity index (χ2v) is 9.37. The first kappa shape index (κ1) is 20.4. The standard InChI is InChI=1S/C24H20F3N3O3/c1-12-8-9-15-14(11-12)23(22(33)28-15)19-18(17-7-4-10-29(17)23)20(31)30(21(19)32)16-6-3-2-5-13(16)24(25,26)27/h2-3,5-6,8-9,11,17-19H,4,7,10H2,1H3,(H,28,33)/p+1/t17-,18+,19-,23-/m0/s1. The molecule has 3 amide bonds. The number of quaternary nitrogens is 1. The summed E-state index contributed by atoms with van der Waals surface area (Å²) in [5.74, 6) is -3.61. The van der Waals surface area contributed by atoms with Gasteiger partial charge < -0.3 is 10.2 Å². The molecule has 1 unspecified atom stereocenters. The van der Waals surface area contributed by atoms with Gasteiger partial charge in [-0.3, -0.25) is 14.4 Å². The van der Waals surface area contributed by atoms with Crippen LogP contribution in [0.15, 0.2) is 42.5 Å². The quantitative estimate of drug-likeness (QED) is 0.646. The van der Waals surface area contributed by atoms with Gasteiger partial charge in [-0.05, 0) is 31.2 Å². The molecule has 4 heterocycles. The first-order valence-corrected chi connectivity index (χ1v) is 11.0. The van der Waals surface area contributed by atoms with E-state index in [9.17, 15) is 27.6 Å². The van der Waals surface area contributed by atoms with Crippen LogP contribution in [-0.4, -0.2) is 30.3 Å². The molecule has 0 aliphatic carbocycles. The van der Waals surface area contributed by atoms with Gasteiger partial charge in [-0.15, -0.1) is 0 Å². The largest absolute Gasteiger partial charge is 0.418 e. The summed E-state index contributed by atoms with van der Waals surface area (Å²) in [6, 6.07) is 9.83. The number of nitrogens with zero attached hydrogens (tertiary/aromatic N) is 1. The third-order valence-corrected chi connectivity index (χ3v) is 7.82. The molecule has 3 fully saturated rings. The Morgan fingerprint density at radius 1 is 1.09 bits per heavy atom. The van der Waals surface area contributed by atoms with Gasteiger partial charge in [0.2, 0.25) is 17.4 Å². The predicted octanol–water partition coefficient (Wildman–Crippen LogP) is 2.03. The van der Waals surface area contributed by atoms with Crippen LogP contribution in [0.1, 0.15) is 29.5 Å². The highest BCUT2D eigenvalue weighted by Gasteiger charge is 2.78. The third kappa shape index (κ3) is 2.40. The van der Waals surface area contributed by atoms with Crippen LogP contribution in [-0.2, 0) is 26.1 Å². The number of carbonyl (C=O) groups is 3. The number of alkyl halides is 3. The Morgan fingerprint density at radius 3 is 2.61 bits per heavy atom. The molecule has 0 aromatic heterocycles. The molecular formula is C24H21F3N3O3+. The van der Waals surface area contributed by atoms with Crippen LogP contribution in [0, 0.1) is 18.8 Å². The van der Waals surface area contributed by atoms with Crippen molar-refractivity contribution in [2.24, 2.45) is 11.8 Å². The van der Waals surface area contributed by atoms with E-state index in [0.29, 0.717) is 29.1 Å². The molecule has 2 N–H and O–H groups in total. The molecule has 4 aliphatic rings. The lowest BCUT2D eigenvalue weighted by atomic mass is 9.75. The van der Waals surface area contributed by atoms with E-state index in [4.69, 9.17) is 0 Å². The van der Waals surface area contributed by atoms with Gasteiger partial charge in [0, 0.05) is 18.4 Å². The van der Waals surface area contributed by atoms with E-state index in [1.807, 2.05) is 19.1 Å². The Bertz CT molecular complexity index is 1240. The van der Waals surface area contributed by atoms with Crippen molar-refractivity contribution in [3.8, 4) is 0 Å². The number of carbonyl (C=O) groups excluding carboxylic acids is 3. The van der Waals surface area contributed by atoms with Crippen LogP contribution in [0.25, 0.3) is 0 Å². The minimum atomic E-state index is -4.73. The Labute approximate surface area is 187 Å². The smallest absolute Gasteiger partial charge is 0.320 e. The van der Waals surface area contributed by atoms with Crippen LogP contribution in [0.3, 0.4) is 0 Å². The molecule has 0 radical (unpaired) electrons. The molecule has 0 bridgehead atoms. The second kappa shape index (κ2) is 6.44. The number of hydrogen-bond donors (Lipinski definition) is 2. The summed E-state index contributed by atoms with van der Waals surface area (Å²) < 4.78 is 41.2. The van der Waals surface area contributed by atoms with Gasteiger partial charge in [0.15, 0.2) is 0 Å². The van der Waals surface area contributed by atoms with Gasteiger partial charge in [0.25, 0.3) is 5.91 Å². The SMILES string of the molecule is Cc1ccc2c(c1)[C@@]1(C(=O)N2)[C@@H]2C(=O)N(c3ccccc3C(F)(F)F)C(=O)[C@@H]2[C@@H]2CCC[NH+]21. The maximum atomic E-state index is 13.9.